The molecule has 1 amide bonds. The number of carbonyl (C=O) groups is 1. The maximum Gasteiger partial charge on any atom is 0.220 e. The van der Waals surface area contributed by atoms with Crippen LogP contribution in [0.5, 0.6) is 0 Å². The lowest BCUT2D eigenvalue weighted by Gasteiger charge is -2.46. The molecule has 0 spiro atoms. The molecule has 0 aromatic rings. The van der Waals surface area contributed by atoms with Crippen LogP contribution in [0.1, 0.15) is 245 Å². The van der Waals surface area contributed by atoms with Crippen LogP contribution in [0.3, 0.4) is 0 Å². The van der Waals surface area contributed by atoms with Gasteiger partial charge in [0.25, 0.3) is 0 Å². The Balaban J connectivity index is 1.67. The van der Waals surface area contributed by atoms with Gasteiger partial charge in [0, 0.05) is 6.42 Å². The van der Waals surface area contributed by atoms with Gasteiger partial charge in [0.1, 0.15) is 48.8 Å². The van der Waals surface area contributed by atoms with Gasteiger partial charge in [-0.3, -0.25) is 4.79 Å². The summed E-state index contributed by atoms with van der Waals surface area (Å²) in [5.74, 6) is -0.255. The summed E-state index contributed by atoms with van der Waals surface area (Å²) in [6.07, 6.45) is 58.9. The van der Waals surface area contributed by atoms with Gasteiger partial charge in [-0.2, -0.15) is 0 Å². The van der Waals surface area contributed by atoms with Gasteiger partial charge in [0.15, 0.2) is 12.6 Å². The summed E-state index contributed by atoms with van der Waals surface area (Å²) < 4.78 is 22.8. The summed E-state index contributed by atoms with van der Waals surface area (Å²) in [7, 11) is 0. The van der Waals surface area contributed by atoms with Gasteiger partial charge in [-0.05, 0) is 89.9 Å². The van der Waals surface area contributed by atoms with Crippen LogP contribution in [-0.4, -0.2) is 140 Å². The Morgan fingerprint density at radius 2 is 0.833 bits per heavy atom. The Morgan fingerprint density at radius 1 is 0.440 bits per heavy atom. The van der Waals surface area contributed by atoms with E-state index in [4.69, 9.17) is 18.9 Å². The number of unbranched alkanes of at least 4 members (excludes halogenated alkanes) is 26. The molecule has 2 aliphatic heterocycles. The first-order valence-corrected chi connectivity index (χ1v) is 33.5. The molecule has 14 heteroatoms. The lowest BCUT2D eigenvalue weighted by molar-refractivity contribution is -0.359. The predicted octanol–water partition coefficient (Wildman–Crippen LogP) is 13.0. The average molecular weight is 1180 g/mol. The van der Waals surface area contributed by atoms with Crippen LogP contribution in [0, 0.1) is 0 Å². The van der Waals surface area contributed by atoms with Gasteiger partial charge < -0.3 is 65.1 Å². The third-order valence-corrected chi connectivity index (χ3v) is 15.7. The van der Waals surface area contributed by atoms with Crippen molar-refractivity contribution in [1.29, 1.82) is 0 Å². The fourth-order valence-corrected chi connectivity index (χ4v) is 10.4. The first-order chi connectivity index (χ1) is 41.1. The average Bonchev–Trinajstić information content (AvgIpc) is 3.17. The number of amides is 1. The molecular weight excluding hydrogens is 1060 g/mol. The Morgan fingerprint density at radius 3 is 1.31 bits per heavy atom. The van der Waals surface area contributed by atoms with E-state index in [0.717, 1.165) is 77.0 Å². The van der Waals surface area contributed by atoms with Crippen molar-refractivity contribution in [2.75, 3.05) is 19.8 Å². The SMILES string of the molecule is CC/C=C\C/C=C\C/C=C\C/C=C\C/C=C\CCCCCCCCCCCCCCCCCCCC(=O)NC(COC1OC(CO)C(OC2OC(CO)C(O)C(O)C2O)C(O)C1O)C(O)/C=C/CC/C=C/CC/C=C/CCCCCCCCC. The third kappa shape index (κ3) is 38.2. The highest BCUT2D eigenvalue weighted by Crippen LogP contribution is 2.30. The molecule has 9 N–H and O–H groups in total. The quantitative estimate of drug-likeness (QED) is 0.0204. The van der Waals surface area contributed by atoms with Crippen molar-refractivity contribution in [2.24, 2.45) is 0 Å². The number of aliphatic hydroxyl groups excluding tert-OH is 8. The fraction of sp³-hybridized carbons (Fsp3) is 0.757. The van der Waals surface area contributed by atoms with Crippen molar-refractivity contribution in [2.45, 2.75) is 319 Å². The Hall–Kier alpha value is -3.09. The number of nitrogens with one attached hydrogen (secondary N) is 1. The molecule has 2 aliphatic rings. The highest BCUT2D eigenvalue weighted by molar-refractivity contribution is 5.76. The first-order valence-electron chi connectivity index (χ1n) is 33.5. The van der Waals surface area contributed by atoms with E-state index < -0.39 is 86.8 Å². The molecule has 0 radical (unpaired) electrons. The van der Waals surface area contributed by atoms with Crippen molar-refractivity contribution in [3.63, 3.8) is 0 Å². The zero-order valence-corrected chi connectivity index (χ0v) is 52.4. The molecule has 84 heavy (non-hydrogen) atoms. The van der Waals surface area contributed by atoms with Crippen LogP contribution in [-0.2, 0) is 23.7 Å². The molecule has 0 aromatic heterocycles. The minimum atomic E-state index is -1.80. The maximum atomic E-state index is 13.3. The van der Waals surface area contributed by atoms with E-state index in [-0.39, 0.29) is 18.9 Å². The summed E-state index contributed by atoms with van der Waals surface area (Å²) >= 11 is 0. The third-order valence-electron chi connectivity index (χ3n) is 15.7. The van der Waals surface area contributed by atoms with Crippen LogP contribution in [0.4, 0.5) is 0 Å². The Kier molecular flexibility index (Phi) is 49.6. The molecule has 12 atom stereocenters. The zero-order chi connectivity index (χ0) is 60.9. The molecule has 2 saturated heterocycles. The minimum Gasteiger partial charge on any atom is -0.394 e. The molecule has 0 saturated carbocycles. The standard InChI is InChI=1S/C70H121NO13/c1-3-5-7-9-11-13-15-17-19-21-22-23-24-25-26-27-28-29-30-31-32-33-34-35-36-38-40-42-44-46-48-50-52-54-62(75)71-58(59(74)53-51-49-47-45-43-41-39-37-20-18-16-14-12-10-8-6-4-2)57-81-69-67(80)65(78)68(61(56-73)83-69)84-70-66(79)64(77)63(76)60(55-72)82-70/h5,7,11,13,17,19-20,22-23,25-26,37,43,45,51,53,58-61,63-70,72-74,76-80H,3-4,6,8-10,12,14-16,18,21,24,27-36,38-42,44,46-50,52,54-57H2,1-2H3,(H,71,75)/b7-5-,13-11-,19-17-,23-22-,26-25-,37-20+,45-43+,53-51+. The van der Waals surface area contributed by atoms with Gasteiger partial charge in [-0.25, -0.2) is 0 Å². The smallest absolute Gasteiger partial charge is 0.220 e. The number of ether oxygens (including phenoxy) is 4. The second kappa shape index (κ2) is 54.1. The Bertz CT molecular complexity index is 1780. The number of allylic oxidation sites excluding steroid dienone is 15. The highest BCUT2D eigenvalue weighted by Gasteiger charge is 2.51. The van der Waals surface area contributed by atoms with Crippen molar-refractivity contribution in [1.82, 2.24) is 5.32 Å². The molecule has 14 nitrogen and oxygen atoms in total. The van der Waals surface area contributed by atoms with Crippen LogP contribution in [0.2, 0.25) is 0 Å². The molecule has 0 aliphatic carbocycles. The normalized spacial score (nSPS) is 24.3. The highest BCUT2D eigenvalue weighted by atomic mass is 16.7. The molecule has 484 valence electrons. The van der Waals surface area contributed by atoms with Gasteiger partial charge in [-0.1, -0.05) is 246 Å². The zero-order valence-electron chi connectivity index (χ0n) is 52.4. The van der Waals surface area contributed by atoms with Crippen LogP contribution >= 0.6 is 0 Å². The minimum absolute atomic E-state index is 0.255. The summed E-state index contributed by atoms with van der Waals surface area (Å²) in [5.41, 5.74) is 0. The predicted molar refractivity (Wildman–Crippen MR) is 341 cm³/mol. The number of aliphatic hydroxyl groups is 8. The van der Waals surface area contributed by atoms with Crippen LogP contribution in [0.15, 0.2) is 97.2 Å². The van der Waals surface area contributed by atoms with Crippen molar-refractivity contribution >= 4 is 5.91 Å². The monoisotopic (exact) mass is 1180 g/mol. The molecule has 0 bridgehead atoms. The number of rotatable bonds is 53. The van der Waals surface area contributed by atoms with Crippen molar-refractivity contribution in [3.8, 4) is 0 Å². The summed E-state index contributed by atoms with van der Waals surface area (Å²) in [4.78, 5) is 13.3. The molecule has 2 rings (SSSR count). The van der Waals surface area contributed by atoms with E-state index >= 15 is 0 Å². The van der Waals surface area contributed by atoms with Crippen LogP contribution < -0.4 is 5.32 Å². The van der Waals surface area contributed by atoms with Gasteiger partial charge in [0.2, 0.25) is 5.91 Å². The summed E-state index contributed by atoms with van der Waals surface area (Å²) in [6, 6.07) is -0.942. The molecule has 2 fully saturated rings. The van der Waals surface area contributed by atoms with Crippen molar-refractivity contribution in [3.05, 3.63) is 97.2 Å². The fourth-order valence-electron chi connectivity index (χ4n) is 10.4. The lowest BCUT2D eigenvalue weighted by atomic mass is 9.97. The summed E-state index contributed by atoms with van der Waals surface area (Å²) in [6.45, 7) is 2.66. The second-order valence-electron chi connectivity index (χ2n) is 23.2. The van der Waals surface area contributed by atoms with E-state index in [1.165, 1.54) is 135 Å². The van der Waals surface area contributed by atoms with E-state index in [1.807, 2.05) is 6.08 Å². The number of carbonyl (C=O) groups excluding carboxylic acids is 1. The maximum absolute atomic E-state index is 13.3. The van der Waals surface area contributed by atoms with Crippen molar-refractivity contribution < 1.29 is 64.6 Å². The van der Waals surface area contributed by atoms with E-state index in [2.05, 4.69) is 104 Å². The van der Waals surface area contributed by atoms with E-state index in [9.17, 15) is 45.6 Å². The number of hydrogen-bond donors (Lipinski definition) is 9. The second-order valence-corrected chi connectivity index (χ2v) is 23.2. The molecule has 12 unspecified atom stereocenters. The lowest BCUT2D eigenvalue weighted by Crippen LogP contribution is -2.65. The van der Waals surface area contributed by atoms with Crippen LogP contribution in [0.25, 0.3) is 0 Å². The summed E-state index contributed by atoms with van der Waals surface area (Å²) in [5, 5.41) is 87.2. The number of hydrogen-bond acceptors (Lipinski definition) is 13. The largest absolute Gasteiger partial charge is 0.394 e. The van der Waals surface area contributed by atoms with E-state index in [0.29, 0.717) is 12.8 Å². The van der Waals surface area contributed by atoms with Gasteiger partial charge in [-0.15, -0.1) is 0 Å². The van der Waals surface area contributed by atoms with Gasteiger partial charge in [0.05, 0.1) is 32.0 Å². The first kappa shape index (κ1) is 77.0. The van der Waals surface area contributed by atoms with Gasteiger partial charge >= 0.3 is 0 Å². The topological polar surface area (TPSA) is 228 Å². The molecule has 2 heterocycles. The van der Waals surface area contributed by atoms with E-state index in [1.54, 1.807) is 6.08 Å². The Labute approximate surface area is 509 Å². The molecule has 0 aromatic carbocycles. The molecular formula is C70H121NO13.